The molecule has 0 radical (unpaired) electrons. The molecule has 0 saturated carbocycles. The maximum Gasteiger partial charge on any atom is 0.252 e. The topological polar surface area (TPSA) is 79.1 Å². The number of halogens is 1. The summed E-state index contributed by atoms with van der Waals surface area (Å²) in [5, 5.41) is 9.20. The molecule has 0 aliphatic rings. The summed E-state index contributed by atoms with van der Waals surface area (Å²) in [7, 11) is 0. The van der Waals surface area contributed by atoms with E-state index in [1.807, 2.05) is 0 Å². The van der Waals surface area contributed by atoms with Crippen LogP contribution in [0.15, 0.2) is 21.5 Å². The van der Waals surface area contributed by atoms with Crippen molar-refractivity contribution in [1.29, 1.82) is 0 Å². The normalized spacial score (nSPS) is 15.4. The van der Waals surface area contributed by atoms with Crippen molar-refractivity contribution in [3.63, 3.8) is 0 Å². The highest BCUT2D eigenvalue weighted by molar-refractivity contribution is 9.10. The van der Waals surface area contributed by atoms with Crippen LogP contribution in [0.25, 0.3) is 0 Å². The first-order valence-corrected chi connectivity index (χ1v) is 4.63. The first-order chi connectivity index (χ1) is 6.02. The molecule has 13 heavy (non-hydrogen) atoms. The summed E-state index contributed by atoms with van der Waals surface area (Å²) in [5.74, 6) is 0. The highest BCUT2D eigenvalue weighted by Gasteiger charge is 2.15. The Balaban J connectivity index is 3.13. The van der Waals surface area contributed by atoms with Gasteiger partial charge in [-0.25, -0.2) is 0 Å². The lowest BCUT2D eigenvalue weighted by Crippen LogP contribution is -2.29. The Bertz CT molecular complexity index is 348. The van der Waals surface area contributed by atoms with Crippen LogP contribution in [0.5, 0.6) is 0 Å². The van der Waals surface area contributed by atoms with Gasteiger partial charge in [-0.2, -0.15) is 0 Å². The second-order valence-corrected chi connectivity index (χ2v) is 3.78. The lowest BCUT2D eigenvalue weighted by molar-refractivity contribution is 0.163. The van der Waals surface area contributed by atoms with Gasteiger partial charge in [0.2, 0.25) is 0 Å². The van der Waals surface area contributed by atoms with Crippen molar-refractivity contribution in [3.05, 3.63) is 32.7 Å². The molecule has 0 aliphatic heterocycles. The van der Waals surface area contributed by atoms with E-state index >= 15 is 0 Å². The molecule has 0 saturated heterocycles. The average Bonchev–Trinajstić information content (AvgIpc) is 2.08. The third-order valence-corrected chi connectivity index (χ3v) is 2.23. The summed E-state index contributed by atoms with van der Waals surface area (Å²) >= 11 is 3.21. The summed E-state index contributed by atoms with van der Waals surface area (Å²) in [4.78, 5) is 13.8. The quantitative estimate of drug-likeness (QED) is 0.712. The molecular formula is C8H11BrN2O2. The van der Waals surface area contributed by atoms with Gasteiger partial charge in [0.25, 0.3) is 5.56 Å². The number of nitrogens with two attached hydrogens (primary N) is 1. The van der Waals surface area contributed by atoms with E-state index in [1.54, 1.807) is 13.0 Å². The fraction of sp³-hybridized carbons (Fsp3) is 0.375. The maximum atomic E-state index is 11.2. The van der Waals surface area contributed by atoms with E-state index in [0.717, 1.165) is 4.47 Å². The highest BCUT2D eigenvalue weighted by atomic mass is 79.9. The van der Waals surface area contributed by atoms with Crippen LogP contribution in [0.4, 0.5) is 0 Å². The van der Waals surface area contributed by atoms with Crippen LogP contribution >= 0.6 is 15.9 Å². The molecule has 1 aromatic rings. The second-order valence-electron chi connectivity index (χ2n) is 2.87. The Kier molecular flexibility index (Phi) is 3.24. The molecule has 1 heterocycles. The van der Waals surface area contributed by atoms with Gasteiger partial charge in [-0.1, -0.05) is 0 Å². The number of aliphatic hydroxyl groups excluding tert-OH is 1. The van der Waals surface area contributed by atoms with Crippen LogP contribution in [-0.4, -0.2) is 16.2 Å². The first-order valence-electron chi connectivity index (χ1n) is 3.84. The van der Waals surface area contributed by atoms with Crippen LogP contribution in [0.3, 0.4) is 0 Å². The van der Waals surface area contributed by atoms with E-state index in [4.69, 9.17) is 5.73 Å². The van der Waals surface area contributed by atoms with Gasteiger partial charge < -0.3 is 15.8 Å². The fourth-order valence-corrected chi connectivity index (χ4v) is 1.34. The van der Waals surface area contributed by atoms with Crippen molar-refractivity contribution < 1.29 is 5.11 Å². The van der Waals surface area contributed by atoms with Gasteiger partial charge in [-0.15, -0.1) is 0 Å². The van der Waals surface area contributed by atoms with Crippen LogP contribution < -0.4 is 11.3 Å². The molecule has 1 rings (SSSR count). The predicted octanol–water partition coefficient (Wildman–Crippen LogP) is 0.518. The van der Waals surface area contributed by atoms with E-state index in [0.29, 0.717) is 5.56 Å². The Labute approximate surface area is 83.9 Å². The zero-order valence-corrected chi connectivity index (χ0v) is 8.71. The molecule has 1 aromatic heterocycles. The number of hydrogen-bond acceptors (Lipinski definition) is 3. The molecule has 5 heteroatoms. The van der Waals surface area contributed by atoms with Crippen molar-refractivity contribution in [1.82, 2.24) is 4.98 Å². The molecule has 72 valence electrons. The molecule has 0 amide bonds. The van der Waals surface area contributed by atoms with E-state index < -0.39 is 12.1 Å². The maximum absolute atomic E-state index is 11.2. The van der Waals surface area contributed by atoms with E-state index in [2.05, 4.69) is 20.9 Å². The minimum Gasteiger partial charge on any atom is -0.391 e. The molecule has 0 fully saturated rings. The van der Waals surface area contributed by atoms with Gasteiger partial charge in [0, 0.05) is 16.2 Å². The highest BCUT2D eigenvalue weighted by Crippen LogP contribution is 2.14. The standard InChI is InChI=1S/C8H11BrN2O2/c1-4(12)7(10)6-2-5(9)3-11-8(6)13/h2-4,7,12H,10H2,1H3,(H,11,13)/t4-,7+/m1/s1. The van der Waals surface area contributed by atoms with Gasteiger partial charge in [-0.3, -0.25) is 4.79 Å². The monoisotopic (exact) mass is 246 g/mol. The molecular weight excluding hydrogens is 236 g/mol. The van der Waals surface area contributed by atoms with Crippen molar-refractivity contribution in [2.45, 2.75) is 19.1 Å². The third-order valence-electron chi connectivity index (χ3n) is 1.78. The predicted molar refractivity (Wildman–Crippen MR) is 53.4 cm³/mol. The number of hydrogen-bond donors (Lipinski definition) is 3. The first kappa shape index (κ1) is 10.4. The smallest absolute Gasteiger partial charge is 0.252 e. The molecule has 0 unspecified atom stereocenters. The lowest BCUT2D eigenvalue weighted by Gasteiger charge is -2.13. The molecule has 0 aromatic carbocycles. The zero-order valence-electron chi connectivity index (χ0n) is 7.12. The van der Waals surface area contributed by atoms with Crippen LogP contribution in [0.1, 0.15) is 18.5 Å². The fourth-order valence-electron chi connectivity index (χ4n) is 0.981. The summed E-state index contributed by atoms with van der Waals surface area (Å²) in [5.41, 5.74) is 5.73. The summed E-state index contributed by atoms with van der Waals surface area (Å²) < 4.78 is 0.734. The number of aromatic amines is 1. The number of aliphatic hydroxyl groups is 1. The number of aromatic nitrogens is 1. The van der Waals surface area contributed by atoms with Crippen molar-refractivity contribution in [3.8, 4) is 0 Å². The SMILES string of the molecule is C[C@@H](O)[C@H](N)c1cc(Br)c[nH]c1=O. The van der Waals surface area contributed by atoms with Gasteiger partial charge in [0.15, 0.2) is 0 Å². The Morgan fingerprint density at radius 1 is 1.69 bits per heavy atom. The Morgan fingerprint density at radius 3 is 2.85 bits per heavy atom. The minimum atomic E-state index is -0.740. The Hall–Kier alpha value is -0.650. The lowest BCUT2D eigenvalue weighted by atomic mass is 10.1. The average molecular weight is 247 g/mol. The van der Waals surface area contributed by atoms with Crippen molar-refractivity contribution in [2.24, 2.45) is 5.73 Å². The van der Waals surface area contributed by atoms with Gasteiger partial charge >= 0.3 is 0 Å². The third kappa shape index (κ3) is 2.40. The Morgan fingerprint density at radius 2 is 2.31 bits per heavy atom. The van der Waals surface area contributed by atoms with Crippen LogP contribution in [-0.2, 0) is 0 Å². The van der Waals surface area contributed by atoms with Crippen molar-refractivity contribution >= 4 is 15.9 Å². The minimum absolute atomic E-state index is 0.267. The van der Waals surface area contributed by atoms with Gasteiger partial charge in [0.05, 0.1) is 12.1 Å². The second kappa shape index (κ2) is 4.04. The molecule has 4 nitrogen and oxygen atoms in total. The zero-order chi connectivity index (χ0) is 10.0. The van der Waals surface area contributed by atoms with Crippen LogP contribution in [0.2, 0.25) is 0 Å². The largest absolute Gasteiger partial charge is 0.391 e. The van der Waals surface area contributed by atoms with Crippen LogP contribution in [0, 0.1) is 0 Å². The summed E-state index contributed by atoms with van der Waals surface area (Å²) in [6.45, 7) is 1.55. The number of pyridine rings is 1. The van der Waals surface area contributed by atoms with E-state index in [-0.39, 0.29) is 5.56 Å². The van der Waals surface area contributed by atoms with Gasteiger partial charge in [0.1, 0.15) is 0 Å². The van der Waals surface area contributed by atoms with E-state index in [9.17, 15) is 9.90 Å². The number of H-pyrrole nitrogens is 1. The van der Waals surface area contributed by atoms with Crippen molar-refractivity contribution in [2.75, 3.05) is 0 Å². The molecule has 0 aliphatic carbocycles. The summed E-state index contributed by atoms with van der Waals surface area (Å²) in [6, 6.07) is 0.956. The molecule has 0 bridgehead atoms. The van der Waals surface area contributed by atoms with E-state index in [1.165, 1.54) is 6.20 Å². The van der Waals surface area contributed by atoms with Gasteiger partial charge in [-0.05, 0) is 28.9 Å². The molecule has 2 atom stereocenters. The summed E-state index contributed by atoms with van der Waals surface area (Å²) in [6.07, 6.45) is 0.788. The number of nitrogens with one attached hydrogen (secondary N) is 1. The number of rotatable bonds is 2. The molecule has 4 N–H and O–H groups in total. The molecule has 0 spiro atoms.